The number of para-hydroxylation sites is 2. The minimum Gasteiger partial charge on any atom is -0.390 e. The maximum atomic E-state index is 13.2. The van der Waals surface area contributed by atoms with Crippen LogP contribution in [0.25, 0.3) is 11.0 Å². The van der Waals surface area contributed by atoms with Crippen molar-refractivity contribution in [1.82, 2.24) is 24.3 Å². The van der Waals surface area contributed by atoms with Gasteiger partial charge in [-0.25, -0.2) is 19.0 Å². The molecular formula is C23H34N6O4. The van der Waals surface area contributed by atoms with Gasteiger partial charge in [0.15, 0.2) is 0 Å². The number of carbonyl (C=O) groups is 2. The number of amides is 3. The van der Waals surface area contributed by atoms with Crippen molar-refractivity contribution in [3.05, 3.63) is 34.7 Å². The van der Waals surface area contributed by atoms with Crippen molar-refractivity contribution >= 4 is 23.1 Å². The standard InChI is InChI=1S/C23H34N6O4/c1-14(2)28-19-6-4-5-7-20(19)29(23(28)33)22(32)25-15-10-16-8-9-17(11-15)27(16)13-18(30)12-26(3)21(24)31/h4-7,14-18,30H,8-13H2,1-3H3,(H2,24,31)(H,25,32). The number of imidazole rings is 1. The monoisotopic (exact) mass is 458 g/mol. The highest BCUT2D eigenvalue weighted by Crippen LogP contribution is 2.36. The summed E-state index contributed by atoms with van der Waals surface area (Å²) >= 11 is 0. The third-order valence-electron chi connectivity index (χ3n) is 6.99. The molecule has 2 fully saturated rings. The molecule has 0 radical (unpaired) electrons. The summed E-state index contributed by atoms with van der Waals surface area (Å²) in [6.45, 7) is 4.52. The number of aliphatic hydroxyl groups is 1. The normalized spacial score (nSPS) is 23.7. The van der Waals surface area contributed by atoms with Crippen molar-refractivity contribution in [3.8, 4) is 0 Å². The fourth-order valence-corrected chi connectivity index (χ4v) is 5.50. The third kappa shape index (κ3) is 4.49. The Balaban J connectivity index is 1.44. The van der Waals surface area contributed by atoms with Gasteiger partial charge in [-0.05, 0) is 51.7 Å². The van der Waals surface area contributed by atoms with Crippen LogP contribution in [-0.2, 0) is 0 Å². The van der Waals surface area contributed by atoms with Gasteiger partial charge in [0.25, 0.3) is 0 Å². The van der Waals surface area contributed by atoms with Crippen molar-refractivity contribution in [3.63, 3.8) is 0 Å². The molecule has 3 unspecified atom stereocenters. The Labute approximate surface area is 192 Å². The molecule has 10 heteroatoms. The summed E-state index contributed by atoms with van der Waals surface area (Å²) in [4.78, 5) is 41.1. The third-order valence-corrected chi connectivity index (χ3v) is 6.99. The molecule has 3 atom stereocenters. The number of aromatic nitrogens is 2. The van der Waals surface area contributed by atoms with Crippen molar-refractivity contribution in [1.29, 1.82) is 0 Å². The van der Waals surface area contributed by atoms with Gasteiger partial charge in [0.1, 0.15) is 0 Å². The second kappa shape index (κ2) is 9.18. The molecule has 2 aromatic rings. The van der Waals surface area contributed by atoms with Gasteiger partial charge in [-0.2, -0.15) is 0 Å². The van der Waals surface area contributed by atoms with E-state index >= 15 is 0 Å². The summed E-state index contributed by atoms with van der Waals surface area (Å²) in [5.74, 6) is 0. The van der Waals surface area contributed by atoms with Crippen LogP contribution in [0.3, 0.4) is 0 Å². The predicted octanol–water partition coefficient (Wildman–Crippen LogP) is 1.31. The number of urea groups is 1. The minimum absolute atomic E-state index is 0.0373. The summed E-state index contributed by atoms with van der Waals surface area (Å²) < 4.78 is 2.89. The van der Waals surface area contributed by atoms with Gasteiger partial charge in [0.2, 0.25) is 0 Å². The number of aliphatic hydroxyl groups excluding tert-OH is 1. The van der Waals surface area contributed by atoms with E-state index in [2.05, 4.69) is 10.2 Å². The van der Waals surface area contributed by atoms with E-state index in [0.29, 0.717) is 12.1 Å². The SMILES string of the molecule is CC(C)n1c(=O)n(C(=O)NC2CC3CCC(C2)N3CC(O)CN(C)C(N)=O)c2ccccc21. The lowest BCUT2D eigenvalue weighted by atomic mass is 9.97. The molecule has 2 saturated heterocycles. The molecule has 33 heavy (non-hydrogen) atoms. The van der Waals surface area contributed by atoms with E-state index in [1.807, 2.05) is 32.0 Å². The second-order valence-corrected chi connectivity index (χ2v) is 9.64. The van der Waals surface area contributed by atoms with E-state index in [0.717, 1.165) is 31.2 Å². The highest BCUT2D eigenvalue weighted by molar-refractivity contribution is 5.89. The number of nitrogens with one attached hydrogen (secondary N) is 1. The minimum atomic E-state index is -0.683. The lowest BCUT2D eigenvalue weighted by molar-refractivity contribution is 0.0433. The molecule has 180 valence electrons. The van der Waals surface area contributed by atoms with Crippen LogP contribution in [0.5, 0.6) is 0 Å². The van der Waals surface area contributed by atoms with Crippen LogP contribution < -0.4 is 16.7 Å². The summed E-state index contributed by atoms with van der Waals surface area (Å²) in [5, 5.41) is 13.5. The van der Waals surface area contributed by atoms with E-state index in [4.69, 9.17) is 5.73 Å². The Morgan fingerprint density at radius 2 is 1.79 bits per heavy atom. The fourth-order valence-electron chi connectivity index (χ4n) is 5.50. The molecular weight excluding hydrogens is 424 g/mol. The lowest BCUT2D eigenvalue weighted by Gasteiger charge is -2.40. The first-order chi connectivity index (χ1) is 15.7. The maximum Gasteiger partial charge on any atom is 0.337 e. The van der Waals surface area contributed by atoms with Crippen LogP contribution in [-0.4, -0.2) is 80.5 Å². The Bertz CT molecular complexity index is 1080. The second-order valence-electron chi connectivity index (χ2n) is 9.64. The Hall–Kier alpha value is -2.85. The van der Waals surface area contributed by atoms with Gasteiger partial charge in [-0.3, -0.25) is 9.47 Å². The van der Waals surface area contributed by atoms with E-state index in [9.17, 15) is 19.5 Å². The first kappa shape index (κ1) is 23.3. The van der Waals surface area contributed by atoms with Crippen LogP contribution in [0.1, 0.15) is 45.6 Å². The van der Waals surface area contributed by atoms with Crippen LogP contribution >= 0.6 is 0 Å². The van der Waals surface area contributed by atoms with Gasteiger partial charge < -0.3 is 21.1 Å². The first-order valence-electron chi connectivity index (χ1n) is 11.6. The van der Waals surface area contributed by atoms with Gasteiger partial charge in [-0.1, -0.05) is 12.1 Å². The molecule has 2 aliphatic rings. The molecule has 0 aliphatic carbocycles. The summed E-state index contributed by atoms with van der Waals surface area (Å²) in [5.41, 5.74) is 6.28. The number of hydrogen-bond acceptors (Lipinski definition) is 5. The molecule has 4 N–H and O–H groups in total. The summed E-state index contributed by atoms with van der Waals surface area (Å²) in [6, 6.07) is 6.80. The molecule has 2 bridgehead atoms. The Kier molecular flexibility index (Phi) is 6.49. The van der Waals surface area contributed by atoms with E-state index in [-0.39, 0.29) is 36.4 Å². The zero-order valence-corrected chi connectivity index (χ0v) is 19.5. The number of rotatable bonds is 6. The number of benzene rings is 1. The molecule has 10 nitrogen and oxygen atoms in total. The van der Waals surface area contributed by atoms with Crippen LogP contribution in [0.2, 0.25) is 0 Å². The molecule has 1 aromatic heterocycles. The first-order valence-corrected chi connectivity index (χ1v) is 11.6. The van der Waals surface area contributed by atoms with Crippen LogP contribution in [0.4, 0.5) is 9.59 Å². The largest absolute Gasteiger partial charge is 0.390 e. The maximum absolute atomic E-state index is 13.2. The Morgan fingerprint density at radius 1 is 1.18 bits per heavy atom. The number of primary amides is 1. The van der Waals surface area contributed by atoms with Gasteiger partial charge in [0, 0.05) is 44.3 Å². The number of nitrogens with two attached hydrogens (primary N) is 1. The average Bonchev–Trinajstić information content (AvgIpc) is 3.16. The molecule has 2 aliphatic heterocycles. The molecule has 3 amide bonds. The van der Waals surface area contributed by atoms with Gasteiger partial charge in [-0.15, -0.1) is 0 Å². The lowest BCUT2D eigenvalue weighted by Crippen LogP contribution is -2.54. The highest BCUT2D eigenvalue weighted by atomic mass is 16.3. The number of fused-ring (bicyclic) bond motifs is 3. The topological polar surface area (TPSA) is 126 Å². The zero-order chi connectivity index (χ0) is 23.9. The molecule has 4 rings (SSSR count). The van der Waals surface area contributed by atoms with E-state index < -0.39 is 18.2 Å². The highest BCUT2D eigenvalue weighted by Gasteiger charge is 2.42. The van der Waals surface area contributed by atoms with Crippen LogP contribution in [0, 0.1) is 0 Å². The average molecular weight is 459 g/mol. The number of nitrogens with zero attached hydrogens (tertiary/aromatic N) is 4. The molecule has 0 saturated carbocycles. The number of piperidine rings is 1. The van der Waals surface area contributed by atoms with Crippen molar-refractivity contribution < 1.29 is 14.7 Å². The van der Waals surface area contributed by atoms with Crippen LogP contribution in [0.15, 0.2) is 29.1 Å². The van der Waals surface area contributed by atoms with E-state index in [1.54, 1.807) is 17.7 Å². The Morgan fingerprint density at radius 3 is 2.36 bits per heavy atom. The molecule has 1 aromatic carbocycles. The fraction of sp³-hybridized carbons (Fsp3) is 0.609. The number of carbonyl (C=O) groups excluding carboxylic acids is 2. The van der Waals surface area contributed by atoms with Crippen molar-refractivity contribution in [2.45, 2.75) is 69.8 Å². The smallest absolute Gasteiger partial charge is 0.337 e. The van der Waals surface area contributed by atoms with E-state index in [1.165, 1.54) is 9.47 Å². The van der Waals surface area contributed by atoms with Gasteiger partial charge in [0.05, 0.1) is 17.1 Å². The molecule has 0 spiro atoms. The summed E-state index contributed by atoms with van der Waals surface area (Å²) in [6.07, 6.45) is 2.85. The quantitative estimate of drug-likeness (QED) is 0.602. The number of likely N-dealkylation sites (N-methyl/N-ethyl adjacent to an activating group) is 1. The number of hydrogen-bond donors (Lipinski definition) is 3. The summed E-state index contributed by atoms with van der Waals surface area (Å²) in [7, 11) is 1.57. The van der Waals surface area contributed by atoms with Crippen molar-refractivity contribution in [2.75, 3.05) is 20.1 Å². The van der Waals surface area contributed by atoms with Gasteiger partial charge >= 0.3 is 17.8 Å². The molecule has 3 heterocycles. The zero-order valence-electron chi connectivity index (χ0n) is 19.5. The van der Waals surface area contributed by atoms with Crippen molar-refractivity contribution in [2.24, 2.45) is 5.73 Å². The predicted molar refractivity (Wildman–Crippen MR) is 125 cm³/mol.